The van der Waals surface area contributed by atoms with Gasteiger partial charge in [-0.1, -0.05) is 12.1 Å². The first kappa shape index (κ1) is 21.0. The summed E-state index contributed by atoms with van der Waals surface area (Å²) in [5.41, 5.74) is 3.11. The summed E-state index contributed by atoms with van der Waals surface area (Å²) in [6, 6.07) is 13.2. The summed E-state index contributed by atoms with van der Waals surface area (Å²) in [6.45, 7) is 0. The summed E-state index contributed by atoms with van der Waals surface area (Å²) < 4.78 is 34.7. The number of esters is 1. The number of benzene rings is 2. The average molecular weight is 422 g/mol. The Kier molecular flexibility index (Phi) is 5.85. The van der Waals surface area contributed by atoms with Gasteiger partial charge < -0.3 is 9.47 Å². The molecule has 8 heteroatoms. The zero-order chi connectivity index (χ0) is 21.9. The molecule has 0 aliphatic rings. The Balaban J connectivity index is 2.33. The average Bonchev–Trinajstić information content (AvgIpc) is 2.77. The first-order valence-electron chi connectivity index (χ1n) is 8.75. The van der Waals surface area contributed by atoms with Gasteiger partial charge in [-0.05, 0) is 41.5 Å². The number of nitrogens with zero attached hydrogens (tertiary/aromatic N) is 2. The van der Waals surface area contributed by atoms with E-state index < -0.39 is 15.8 Å². The number of carbonyl (C=O) groups excluding carboxylic acids is 1. The SMILES string of the molecule is COC(=O)c1ccc(-c2cc(S(C)(=O)=O)cc(OC)c2-c2cncc(C#N)c2)cc1. The van der Waals surface area contributed by atoms with Gasteiger partial charge >= 0.3 is 5.97 Å². The number of hydrogen-bond acceptors (Lipinski definition) is 7. The predicted octanol–water partition coefficient (Wildman–Crippen LogP) is 3.49. The number of aromatic nitrogens is 1. The zero-order valence-electron chi connectivity index (χ0n) is 16.5. The maximum atomic E-state index is 12.2. The second kappa shape index (κ2) is 8.35. The second-order valence-electron chi connectivity index (χ2n) is 6.46. The van der Waals surface area contributed by atoms with E-state index in [9.17, 15) is 18.5 Å². The number of methoxy groups -OCH3 is 2. The Bertz CT molecular complexity index is 1260. The molecule has 2 aromatic carbocycles. The van der Waals surface area contributed by atoms with Gasteiger partial charge in [0.05, 0.1) is 30.2 Å². The van der Waals surface area contributed by atoms with E-state index in [1.54, 1.807) is 42.6 Å². The van der Waals surface area contributed by atoms with Crippen LogP contribution >= 0.6 is 0 Å². The number of sulfone groups is 1. The molecule has 7 nitrogen and oxygen atoms in total. The molecule has 0 atom stereocenters. The van der Waals surface area contributed by atoms with Crippen LogP contribution < -0.4 is 4.74 Å². The van der Waals surface area contributed by atoms with Crippen LogP contribution in [0.15, 0.2) is 59.8 Å². The van der Waals surface area contributed by atoms with Crippen LogP contribution in [0, 0.1) is 11.3 Å². The molecule has 0 spiro atoms. The lowest BCUT2D eigenvalue weighted by atomic mass is 9.93. The summed E-state index contributed by atoms with van der Waals surface area (Å²) in [4.78, 5) is 15.9. The Morgan fingerprint density at radius 1 is 1.03 bits per heavy atom. The fraction of sp³-hybridized carbons (Fsp3) is 0.136. The molecule has 3 rings (SSSR count). The van der Waals surface area contributed by atoms with E-state index in [4.69, 9.17) is 9.47 Å². The van der Waals surface area contributed by atoms with Crippen LogP contribution in [-0.4, -0.2) is 39.8 Å². The number of pyridine rings is 1. The molecule has 1 heterocycles. The van der Waals surface area contributed by atoms with E-state index in [2.05, 4.69) is 4.98 Å². The van der Waals surface area contributed by atoms with Crippen LogP contribution in [0.4, 0.5) is 0 Å². The van der Waals surface area contributed by atoms with Gasteiger partial charge in [-0.15, -0.1) is 0 Å². The molecule has 30 heavy (non-hydrogen) atoms. The number of ether oxygens (including phenoxy) is 2. The molecule has 3 aromatic rings. The van der Waals surface area contributed by atoms with Gasteiger partial charge in [-0.3, -0.25) is 4.98 Å². The van der Waals surface area contributed by atoms with Gasteiger partial charge in [0.25, 0.3) is 0 Å². The van der Waals surface area contributed by atoms with E-state index >= 15 is 0 Å². The lowest BCUT2D eigenvalue weighted by molar-refractivity contribution is 0.0600. The van der Waals surface area contributed by atoms with Crippen molar-refractivity contribution in [1.82, 2.24) is 4.98 Å². The Morgan fingerprint density at radius 2 is 1.73 bits per heavy atom. The second-order valence-corrected chi connectivity index (χ2v) is 8.48. The topological polar surface area (TPSA) is 106 Å². The van der Waals surface area contributed by atoms with Crippen LogP contribution in [0.2, 0.25) is 0 Å². The van der Waals surface area contributed by atoms with E-state index in [0.29, 0.717) is 39.1 Å². The van der Waals surface area contributed by atoms with Crippen molar-refractivity contribution in [3.63, 3.8) is 0 Å². The van der Waals surface area contributed by atoms with Crippen molar-refractivity contribution in [2.45, 2.75) is 4.90 Å². The first-order valence-corrected chi connectivity index (χ1v) is 10.6. The van der Waals surface area contributed by atoms with Crippen molar-refractivity contribution in [2.75, 3.05) is 20.5 Å². The fourth-order valence-electron chi connectivity index (χ4n) is 3.03. The minimum Gasteiger partial charge on any atom is -0.496 e. The minimum atomic E-state index is -3.53. The van der Waals surface area contributed by atoms with Crippen LogP contribution in [0.1, 0.15) is 15.9 Å². The summed E-state index contributed by atoms with van der Waals surface area (Å²) in [7, 11) is -0.789. The van der Waals surface area contributed by atoms with Gasteiger partial charge in [0.2, 0.25) is 0 Å². The number of rotatable bonds is 5. The third-order valence-corrected chi connectivity index (χ3v) is 5.59. The molecule has 0 radical (unpaired) electrons. The van der Waals surface area contributed by atoms with Gasteiger partial charge in [-0.2, -0.15) is 5.26 Å². The van der Waals surface area contributed by atoms with Crippen molar-refractivity contribution in [3.8, 4) is 34.1 Å². The van der Waals surface area contributed by atoms with E-state index in [-0.39, 0.29) is 4.90 Å². The monoisotopic (exact) mass is 422 g/mol. The summed E-state index contributed by atoms with van der Waals surface area (Å²) in [5.74, 6) is -0.156. The largest absolute Gasteiger partial charge is 0.496 e. The van der Waals surface area contributed by atoms with Crippen molar-refractivity contribution < 1.29 is 22.7 Å². The quantitative estimate of drug-likeness (QED) is 0.579. The third-order valence-electron chi connectivity index (χ3n) is 4.50. The molecule has 0 N–H and O–H groups in total. The summed E-state index contributed by atoms with van der Waals surface area (Å²) in [5, 5.41) is 9.23. The van der Waals surface area contributed by atoms with Gasteiger partial charge in [-0.25, -0.2) is 13.2 Å². The molecule has 0 aliphatic heterocycles. The lowest BCUT2D eigenvalue weighted by Gasteiger charge is -2.17. The minimum absolute atomic E-state index is 0.0829. The third kappa shape index (κ3) is 4.16. The molecular weight excluding hydrogens is 404 g/mol. The zero-order valence-corrected chi connectivity index (χ0v) is 17.4. The van der Waals surface area contributed by atoms with Crippen molar-refractivity contribution in [1.29, 1.82) is 5.26 Å². The van der Waals surface area contributed by atoms with Crippen LogP contribution in [0.5, 0.6) is 5.75 Å². The van der Waals surface area contributed by atoms with Crippen molar-refractivity contribution >= 4 is 15.8 Å². The predicted molar refractivity (Wildman–Crippen MR) is 111 cm³/mol. The number of nitriles is 1. The Morgan fingerprint density at radius 3 is 2.30 bits per heavy atom. The van der Waals surface area contributed by atoms with Gasteiger partial charge in [0.15, 0.2) is 9.84 Å². The highest BCUT2D eigenvalue weighted by molar-refractivity contribution is 7.90. The molecule has 0 saturated carbocycles. The van der Waals surface area contributed by atoms with E-state index in [1.165, 1.54) is 26.5 Å². The maximum Gasteiger partial charge on any atom is 0.337 e. The van der Waals surface area contributed by atoms with Crippen molar-refractivity contribution in [2.24, 2.45) is 0 Å². The summed E-state index contributed by atoms with van der Waals surface area (Å²) in [6.07, 6.45) is 4.13. The molecule has 0 amide bonds. The molecule has 1 aromatic heterocycles. The fourth-order valence-corrected chi connectivity index (χ4v) is 3.69. The maximum absolute atomic E-state index is 12.2. The van der Waals surface area contributed by atoms with Gasteiger partial charge in [0.1, 0.15) is 11.8 Å². The smallest absolute Gasteiger partial charge is 0.337 e. The highest BCUT2D eigenvalue weighted by atomic mass is 32.2. The van der Waals surface area contributed by atoms with Gasteiger partial charge in [0, 0.05) is 29.8 Å². The summed E-state index contributed by atoms with van der Waals surface area (Å²) >= 11 is 0. The molecular formula is C22H18N2O5S. The van der Waals surface area contributed by atoms with Crippen LogP contribution in [-0.2, 0) is 14.6 Å². The molecule has 152 valence electrons. The normalized spacial score (nSPS) is 10.9. The van der Waals surface area contributed by atoms with Crippen LogP contribution in [0.3, 0.4) is 0 Å². The molecule has 0 saturated heterocycles. The standard InChI is InChI=1S/C22H18N2O5S/c1-28-20-10-18(30(3,26)27)9-19(15-4-6-16(7-5-15)22(25)29-2)21(20)17-8-14(11-23)12-24-13-17/h4-10,12-13H,1-3H3. The molecule has 0 bridgehead atoms. The molecule has 0 unspecified atom stereocenters. The highest BCUT2D eigenvalue weighted by Crippen LogP contribution is 2.41. The van der Waals surface area contributed by atoms with E-state index in [1.807, 2.05) is 6.07 Å². The molecule has 0 aliphatic carbocycles. The molecule has 0 fully saturated rings. The Labute approximate surface area is 174 Å². The number of hydrogen-bond donors (Lipinski definition) is 0. The lowest BCUT2D eigenvalue weighted by Crippen LogP contribution is -2.02. The Hall–Kier alpha value is -3.70. The first-order chi connectivity index (χ1) is 14.3. The van der Waals surface area contributed by atoms with E-state index in [0.717, 1.165) is 6.26 Å². The number of carbonyl (C=O) groups is 1. The highest BCUT2D eigenvalue weighted by Gasteiger charge is 2.20. The van der Waals surface area contributed by atoms with Crippen molar-refractivity contribution in [3.05, 3.63) is 66.0 Å². The van der Waals surface area contributed by atoms with Crippen LogP contribution in [0.25, 0.3) is 22.3 Å².